The highest BCUT2D eigenvalue weighted by Gasteiger charge is 2.14. The minimum atomic E-state index is -0.907. The van der Waals surface area contributed by atoms with Crippen LogP contribution in [0, 0.1) is 0 Å². The number of aromatic carboxylic acids is 1. The van der Waals surface area contributed by atoms with Gasteiger partial charge in [0.2, 0.25) is 0 Å². The van der Waals surface area contributed by atoms with Crippen molar-refractivity contribution < 1.29 is 9.90 Å². The van der Waals surface area contributed by atoms with Gasteiger partial charge in [-0.3, -0.25) is 0 Å². The van der Waals surface area contributed by atoms with Crippen LogP contribution in [0.2, 0.25) is 0 Å². The number of hydrogen-bond acceptors (Lipinski definition) is 2. The fourth-order valence-corrected chi connectivity index (χ4v) is 1.92. The topological polar surface area (TPSA) is 49.3 Å². The number of carboxylic acid groups (broad SMARTS) is 1. The normalized spacial score (nSPS) is 15.2. The molecule has 3 heteroatoms. The van der Waals surface area contributed by atoms with E-state index in [4.69, 9.17) is 5.11 Å². The molecule has 3 nitrogen and oxygen atoms in total. The van der Waals surface area contributed by atoms with Crippen LogP contribution >= 0.6 is 0 Å². The number of anilines is 1. The molecule has 0 radical (unpaired) electrons. The molecule has 0 aliphatic heterocycles. The van der Waals surface area contributed by atoms with Crippen molar-refractivity contribution in [1.29, 1.82) is 0 Å². The highest BCUT2D eigenvalue weighted by Crippen LogP contribution is 2.30. The maximum absolute atomic E-state index is 10.9. The first-order valence-electron chi connectivity index (χ1n) is 5.56. The number of nitrogens with one attached hydrogen (secondary N) is 1. The Morgan fingerprint density at radius 2 is 2.18 bits per heavy atom. The SMILES string of the molecule is C=C1CCC(Nc2cccc(C(=O)O)c2)=C1C. The van der Waals surface area contributed by atoms with Gasteiger partial charge < -0.3 is 10.4 Å². The molecule has 88 valence electrons. The third kappa shape index (κ3) is 2.38. The molecule has 17 heavy (non-hydrogen) atoms. The molecule has 2 N–H and O–H groups in total. The van der Waals surface area contributed by atoms with Gasteiger partial charge >= 0.3 is 5.97 Å². The second-order valence-electron chi connectivity index (χ2n) is 4.22. The Hall–Kier alpha value is -2.03. The summed E-state index contributed by atoms with van der Waals surface area (Å²) in [6.45, 7) is 6.02. The van der Waals surface area contributed by atoms with Crippen LogP contribution in [0.15, 0.2) is 47.7 Å². The van der Waals surface area contributed by atoms with Crippen molar-refractivity contribution in [3.63, 3.8) is 0 Å². The molecule has 0 bridgehead atoms. The third-order valence-electron chi connectivity index (χ3n) is 3.06. The molecule has 0 unspecified atom stereocenters. The average molecular weight is 229 g/mol. The monoisotopic (exact) mass is 229 g/mol. The summed E-state index contributed by atoms with van der Waals surface area (Å²) in [5.41, 5.74) is 4.59. The summed E-state index contributed by atoms with van der Waals surface area (Å²) in [6.07, 6.45) is 1.93. The fraction of sp³-hybridized carbons (Fsp3) is 0.214. The Balaban J connectivity index is 2.22. The summed E-state index contributed by atoms with van der Waals surface area (Å²) < 4.78 is 0. The molecule has 0 saturated carbocycles. The van der Waals surface area contributed by atoms with E-state index in [2.05, 4.69) is 11.9 Å². The molecular formula is C14H15NO2. The lowest BCUT2D eigenvalue weighted by molar-refractivity contribution is 0.0697. The number of hydrogen-bond donors (Lipinski definition) is 2. The molecule has 1 aliphatic carbocycles. The van der Waals surface area contributed by atoms with E-state index in [9.17, 15) is 4.79 Å². The van der Waals surface area contributed by atoms with Gasteiger partial charge in [-0.05, 0) is 43.5 Å². The molecule has 1 aromatic rings. The van der Waals surface area contributed by atoms with Gasteiger partial charge in [0.25, 0.3) is 0 Å². The van der Waals surface area contributed by atoms with E-state index in [1.165, 1.54) is 5.57 Å². The summed E-state index contributed by atoms with van der Waals surface area (Å²) in [7, 11) is 0. The van der Waals surface area contributed by atoms with Gasteiger partial charge in [-0.2, -0.15) is 0 Å². The highest BCUT2D eigenvalue weighted by atomic mass is 16.4. The predicted octanol–water partition coefficient (Wildman–Crippen LogP) is 3.42. The zero-order valence-corrected chi connectivity index (χ0v) is 9.79. The Morgan fingerprint density at radius 3 is 2.76 bits per heavy atom. The van der Waals surface area contributed by atoms with E-state index in [0.29, 0.717) is 5.56 Å². The van der Waals surface area contributed by atoms with Gasteiger partial charge in [0.15, 0.2) is 0 Å². The van der Waals surface area contributed by atoms with Crippen molar-refractivity contribution in [3.8, 4) is 0 Å². The van der Waals surface area contributed by atoms with Gasteiger partial charge in [-0.25, -0.2) is 4.79 Å². The van der Waals surface area contributed by atoms with E-state index < -0.39 is 5.97 Å². The Bertz CT molecular complexity index is 515. The average Bonchev–Trinajstić information content (AvgIpc) is 2.61. The van der Waals surface area contributed by atoms with Crippen LogP contribution in [0.3, 0.4) is 0 Å². The quantitative estimate of drug-likeness (QED) is 0.834. The first-order chi connectivity index (χ1) is 8.08. The van der Waals surface area contributed by atoms with Crippen molar-refractivity contribution >= 4 is 11.7 Å². The third-order valence-corrected chi connectivity index (χ3v) is 3.06. The minimum Gasteiger partial charge on any atom is -0.478 e. The smallest absolute Gasteiger partial charge is 0.335 e. The molecule has 1 aromatic carbocycles. The highest BCUT2D eigenvalue weighted by molar-refractivity contribution is 5.88. The maximum atomic E-state index is 10.9. The zero-order chi connectivity index (χ0) is 12.4. The molecule has 0 amide bonds. The van der Waals surface area contributed by atoms with E-state index in [1.807, 2.05) is 13.0 Å². The largest absolute Gasteiger partial charge is 0.478 e. The van der Waals surface area contributed by atoms with Gasteiger partial charge in [-0.1, -0.05) is 18.2 Å². The lowest BCUT2D eigenvalue weighted by atomic mass is 10.1. The van der Waals surface area contributed by atoms with Crippen LogP contribution in [0.4, 0.5) is 5.69 Å². The lowest BCUT2D eigenvalue weighted by Gasteiger charge is -2.09. The van der Waals surface area contributed by atoms with Crippen molar-refractivity contribution in [3.05, 3.63) is 53.3 Å². The van der Waals surface area contributed by atoms with E-state index in [0.717, 1.165) is 29.8 Å². The first-order valence-corrected chi connectivity index (χ1v) is 5.56. The van der Waals surface area contributed by atoms with Crippen LogP contribution in [-0.4, -0.2) is 11.1 Å². The van der Waals surface area contributed by atoms with E-state index >= 15 is 0 Å². The van der Waals surface area contributed by atoms with Crippen molar-refractivity contribution in [2.75, 3.05) is 5.32 Å². The standard InChI is InChI=1S/C14H15NO2/c1-9-6-7-13(10(9)2)15-12-5-3-4-11(8-12)14(16)17/h3-5,8,15H,1,6-7H2,2H3,(H,16,17). The lowest BCUT2D eigenvalue weighted by Crippen LogP contribution is -2.01. The van der Waals surface area contributed by atoms with Crippen LogP contribution in [-0.2, 0) is 0 Å². The Labute approximate surface area is 100 Å². The number of allylic oxidation sites excluding steroid dienone is 3. The second kappa shape index (κ2) is 4.45. The Kier molecular flexibility index (Phi) is 3.00. The molecule has 0 spiro atoms. The van der Waals surface area contributed by atoms with Crippen LogP contribution in [0.1, 0.15) is 30.1 Å². The summed E-state index contributed by atoms with van der Waals surface area (Å²) in [5.74, 6) is -0.907. The van der Waals surface area contributed by atoms with E-state index in [-0.39, 0.29) is 0 Å². The number of carboxylic acids is 1. The number of carbonyl (C=O) groups is 1. The summed E-state index contributed by atoms with van der Waals surface area (Å²) in [5, 5.41) is 12.2. The Morgan fingerprint density at radius 1 is 1.41 bits per heavy atom. The molecule has 2 rings (SSSR count). The first kappa shape index (κ1) is 11.5. The molecule has 0 atom stereocenters. The number of rotatable bonds is 3. The van der Waals surface area contributed by atoms with Gasteiger partial charge in [-0.15, -0.1) is 0 Å². The van der Waals surface area contributed by atoms with Crippen LogP contribution in [0.25, 0.3) is 0 Å². The van der Waals surface area contributed by atoms with Crippen molar-refractivity contribution in [2.24, 2.45) is 0 Å². The number of benzene rings is 1. The second-order valence-corrected chi connectivity index (χ2v) is 4.22. The summed E-state index contributed by atoms with van der Waals surface area (Å²) in [6, 6.07) is 6.84. The van der Waals surface area contributed by atoms with Crippen molar-refractivity contribution in [1.82, 2.24) is 0 Å². The van der Waals surface area contributed by atoms with Gasteiger partial charge in [0.05, 0.1) is 5.56 Å². The van der Waals surface area contributed by atoms with Gasteiger partial charge in [0, 0.05) is 11.4 Å². The summed E-state index contributed by atoms with van der Waals surface area (Å²) >= 11 is 0. The fourth-order valence-electron chi connectivity index (χ4n) is 1.92. The van der Waals surface area contributed by atoms with E-state index in [1.54, 1.807) is 18.2 Å². The van der Waals surface area contributed by atoms with Crippen LogP contribution in [0.5, 0.6) is 0 Å². The molecule has 1 aliphatic rings. The molecule has 0 saturated heterocycles. The maximum Gasteiger partial charge on any atom is 0.335 e. The van der Waals surface area contributed by atoms with Crippen LogP contribution < -0.4 is 5.32 Å². The molecular weight excluding hydrogens is 214 g/mol. The minimum absolute atomic E-state index is 0.296. The molecule has 0 aromatic heterocycles. The van der Waals surface area contributed by atoms with Gasteiger partial charge in [0.1, 0.15) is 0 Å². The van der Waals surface area contributed by atoms with Crippen molar-refractivity contribution in [2.45, 2.75) is 19.8 Å². The summed E-state index contributed by atoms with van der Waals surface area (Å²) in [4.78, 5) is 10.9. The predicted molar refractivity (Wildman–Crippen MR) is 68.1 cm³/mol. The molecule has 0 heterocycles. The molecule has 0 fully saturated rings. The zero-order valence-electron chi connectivity index (χ0n) is 9.79.